The molecule has 0 aliphatic carbocycles. The van der Waals surface area contributed by atoms with Crippen LogP contribution >= 0.6 is 27.5 Å². The van der Waals surface area contributed by atoms with E-state index >= 15 is 0 Å². The summed E-state index contributed by atoms with van der Waals surface area (Å²) in [5.41, 5.74) is 6.82. The molecule has 1 aliphatic rings. The summed E-state index contributed by atoms with van der Waals surface area (Å²) in [6, 6.07) is 5.97. The van der Waals surface area contributed by atoms with Crippen LogP contribution in [-0.4, -0.2) is 34.3 Å². The number of halogens is 2. The molecule has 0 amide bonds. The highest BCUT2D eigenvalue weighted by Gasteiger charge is 2.19. The van der Waals surface area contributed by atoms with Gasteiger partial charge in [-0.05, 0) is 31.0 Å². The smallest absolute Gasteiger partial charge is 0.245 e. The van der Waals surface area contributed by atoms with E-state index < -0.39 is 0 Å². The van der Waals surface area contributed by atoms with Gasteiger partial charge in [-0.1, -0.05) is 27.5 Å². The average molecular weight is 357 g/mol. The molecule has 1 aromatic carbocycles. The Balaban J connectivity index is 1.83. The fourth-order valence-electron chi connectivity index (χ4n) is 2.31. The molecule has 0 saturated carbocycles. The molecule has 2 aromatic rings. The highest BCUT2D eigenvalue weighted by Crippen LogP contribution is 2.26. The third-order valence-corrected chi connectivity index (χ3v) is 4.11. The molecule has 0 radical (unpaired) electrons. The normalized spacial score (nSPS) is 16.6. The van der Waals surface area contributed by atoms with Crippen molar-refractivity contribution in [1.29, 1.82) is 0 Å². The third-order valence-electron chi connectivity index (χ3n) is 3.43. The Morgan fingerprint density at radius 2 is 2.05 bits per heavy atom. The highest BCUT2D eigenvalue weighted by atomic mass is 79.9. The van der Waals surface area contributed by atoms with Crippen LogP contribution in [0.2, 0.25) is 5.02 Å². The fourth-order valence-corrected chi connectivity index (χ4v) is 3.17. The van der Waals surface area contributed by atoms with Crippen LogP contribution in [0.15, 0.2) is 22.7 Å². The summed E-state index contributed by atoms with van der Waals surface area (Å²) in [6.07, 6.45) is 1.96. The topological polar surface area (TPSA) is 70.8 Å². The molecule has 20 heavy (non-hydrogen) atoms. The monoisotopic (exact) mass is 355 g/mol. The molecule has 3 rings (SSSR count). The number of aromatic amines is 1. The van der Waals surface area contributed by atoms with Crippen LogP contribution in [0, 0.1) is 0 Å². The van der Waals surface area contributed by atoms with E-state index in [1.807, 2.05) is 18.2 Å². The summed E-state index contributed by atoms with van der Waals surface area (Å²) in [5, 5.41) is 7.93. The first-order valence-electron chi connectivity index (χ1n) is 6.51. The summed E-state index contributed by atoms with van der Waals surface area (Å²) in [4.78, 5) is 6.71. The lowest BCUT2D eigenvalue weighted by Gasteiger charge is -2.28. The molecule has 0 spiro atoms. The van der Waals surface area contributed by atoms with Gasteiger partial charge in [0.25, 0.3) is 0 Å². The van der Waals surface area contributed by atoms with Crippen LogP contribution in [0.1, 0.15) is 12.8 Å². The lowest BCUT2D eigenvalue weighted by atomic mass is 10.1. The lowest BCUT2D eigenvalue weighted by Crippen LogP contribution is -2.40. The van der Waals surface area contributed by atoms with Gasteiger partial charge in [0.1, 0.15) is 0 Å². The molecule has 1 aromatic heterocycles. The van der Waals surface area contributed by atoms with Crippen molar-refractivity contribution < 1.29 is 0 Å². The van der Waals surface area contributed by atoms with Gasteiger partial charge in [-0.15, -0.1) is 5.10 Å². The van der Waals surface area contributed by atoms with Gasteiger partial charge in [0, 0.05) is 34.2 Å². The van der Waals surface area contributed by atoms with Crippen LogP contribution in [0.5, 0.6) is 0 Å². The van der Waals surface area contributed by atoms with Crippen molar-refractivity contribution in [1.82, 2.24) is 15.2 Å². The number of nitrogens with one attached hydrogen (secondary N) is 1. The zero-order chi connectivity index (χ0) is 14.1. The molecule has 3 N–H and O–H groups in total. The Hall–Kier alpha value is -1.11. The molecular formula is C13H15BrClN5. The molecule has 1 fully saturated rings. The van der Waals surface area contributed by atoms with Gasteiger partial charge in [-0.2, -0.15) is 4.98 Å². The molecule has 0 atom stereocenters. The van der Waals surface area contributed by atoms with Crippen molar-refractivity contribution in [2.24, 2.45) is 5.73 Å². The molecule has 1 aliphatic heterocycles. The minimum atomic E-state index is 0.300. The maximum atomic E-state index is 6.06. The summed E-state index contributed by atoms with van der Waals surface area (Å²) < 4.78 is 0.918. The van der Waals surface area contributed by atoms with E-state index in [-0.39, 0.29) is 0 Å². The van der Waals surface area contributed by atoms with Crippen molar-refractivity contribution in [3.8, 4) is 11.4 Å². The Bertz CT molecular complexity index is 586. The van der Waals surface area contributed by atoms with Crippen LogP contribution < -0.4 is 10.6 Å². The third kappa shape index (κ3) is 2.97. The zero-order valence-electron chi connectivity index (χ0n) is 10.8. The van der Waals surface area contributed by atoms with Crippen LogP contribution in [0.3, 0.4) is 0 Å². The number of H-pyrrole nitrogens is 1. The van der Waals surface area contributed by atoms with Crippen molar-refractivity contribution in [3.63, 3.8) is 0 Å². The van der Waals surface area contributed by atoms with E-state index in [0.717, 1.165) is 47.7 Å². The van der Waals surface area contributed by atoms with Gasteiger partial charge >= 0.3 is 0 Å². The first-order valence-corrected chi connectivity index (χ1v) is 7.68. The number of aromatic nitrogens is 3. The molecule has 2 heterocycles. The predicted octanol–water partition coefficient (Wildman–Crippen LogP) is 2.82. The van der Waals surface area contributed by atoms with Gasteiger partial charge < -0.3 is 10.6 Å². The van der Waals surface area contributed by atoms with Crippen LogP contribution in [-0.2, 0) is 0 Å². The average Bonchev–Trinajstić information content (AvgIpc) is 2.88. The maximum absolute atomic E-state index is 6.06. The maximum Gasteiger partial charge on any atom is 0.245 e. The van der Waals surface area contributed by atoms with Gasteiger partial charge in [0.15, 0.2) is 5.82 Å². The van der Waals surface area contributed by atoms with E-state index in [1.165, 1.54) is 0 Å². The summed E-state index contributed by atoms with van der Waals surface area (Å²) in [5.74, 6) is 1.45. The number of rotatable bonds is 2. The number of piperidine rings is 1. The van der Waals surface area contributed by atoms with Gasteiger partial charge in [0.2, 0.25) is 5.95 Å². The predicted molar refractivity (Wildman–Crippen MR) is 84.0 cm³/mol. The summed E-state index contributed by atoms with van der Waals surface area (Å²) >= 11 is 9.48. The first-order chi connectivity index (χ1) is 9.61. The lowest BCUT2D eigenvalue weighted by molar-refractivity contribution is 0.496. The van der Waals surface area contributed by atoms with Crippen molar-refractivity contribution in [2.45, 2.75) is 18.9 Å². The highest BCUT2D eigenvalue weighted by molar-refractivity contribution is 9.10. The fraction of sp³-hybridized carbons (Fsp3) is 0.385. The van der Waals surface area contributed by atoms with E-state index in [1.54, 1.807) is 0 Å². The molecule has 106 valence electrons. The van der Waals surface area contributed by atoms with E-state index in [0.29, 0.717) is 11.1 Å². The minimum Gasteiger partial charge on any atom is -0.339 e. The van der Waals surface area contributed by atoms with Crippen molar-refractivity contribution >= 4 is 33.5 Å². The van der Waals surface area contributed by atoms with Gasteiger partial charge in [-0.3, -0.25) is 5.10 Å². The number of nitrogens with two attached hydrogens (primary N) is 1. The van der Waals surface area contributed by atoms with Crippen molar-refractivity contribution in [2.75, 3.05) is 18.0 Å². The number of hydrogen-bond acceptors (Lipinski definition) is 4. The van der Waals surface area contributed by atoms with Gasteiger partial charge in [0.05, 0.1) is 0 Å². The molecule has 0 unspecified atom stereocenters. The molecule has 1 saturated heterocycles. The van der Waals surface area contributed by atoms with E-state index in [2.05, 4.69) is 36.0 Å². The number of hydrogen-bond donors (Lipinski definition) is 2. The Kier molecular flexibility index (Phi) is 3.96. The van der Waals surface area contributed by atoms with Crippen molar-refractivity contribution in [3.05, 3.63) is 27.7 Å². The first kappa shape index (κ1) is 13.9. The number of anilines is 1. The Morgan fingerprint density at radius 3 is 2.75 bits per heavy atom. The SMILES string of the molecule is NC1CCN(c2n[nH]c(-c3cc(Cl)cc(Br)c3)n2)CC1. The molecule has 5 nitrogen and oxygen atoms in total. The molecular weight excluding hydrogens is 342 g/mol. The van der Waals surface area contributed by atoms with E-state index in [4.69, 9.17) is 17.3 Å². The largest absolute Gasteiger partial charge is 0.339 e. The minimum absolute atomic E-state index is 0.300. The molecule has 7 heteroatoms. The van der Waals surface area contributed by atoms with Gasteiger partial charge in [-0.25, -0.2) is 0 Å². The van der Waals surface area contributed by atoms with Crippen LogP contribution in [0.4, 0.5) is 5.95 Å². The van der Waals surface area contributed by atoms with E-state index in [9.17, 15) is 0 Å². The second-order valence-electron chi connectivity index (χ2n) is 4.97. The quantitative estimate of drug-likeness (QED) is 0.868. The second kappa shape index (κ2) is 5.71. The van der Waals surface area contributed by atoms with Crippen LogP contribution in [0.25, 0.3) is 11.4 Å². The Labute approximate surface area is 130 Å². The molecule has 0 bridgehead atoms. The standard InChI is InChI=1S/C13H15BrClN5/c14-9-5-8(6-10(15)7-9)12-17-13(19-18-12)20-3-1-11(16)2-4-20/h5-7,11H,1-4,16H2,(H,17,18,19). The second-order valence-corrected chi connectivity index (χ2v) is 6.32. The number of benzene rings is 1. The number of nitrogens with zero attached hydrogens (tertiary/aromatic N) is 3. The summed E-state index contributed by atoms with van der Waals surface area (Å²) in [6.45, 7) is 1.80. The Morgan fingerprint density at radius 1 is 1.30 bits per heavy atom. The summed E-state index contributed by atoms with van der Waals surface area (Å²) in [7, 11) is 0. The zero-order valence-corrected chi connectivity index (χ0v) is 13.2.